The van der Waals surface area contributed by atoms with Crippen LogP contribution in [0.5, 0.6) is 0 Å². The predicted octanol–water partition coefficient (Wildman–Crippen LogP) is 4.01. The zero-order valence-electron chi connectivity index (χ0n) is 10.1. The second-order valence-electron chi connectivity index (χ2n) is 4.33. The molecule has 96 valence electrons. The quantitative estimate of drug-likeness (QED) is 0.791. The summed E-state index contributed by atoms with van der Waals surface area (Å²) in [5.41, 5.74) is -0.531. The highest BCUT2D eigenvalue weighted by molar-refractivity contribution is 5.44. The van der Waals surface area contributed by atoms with Crippen molar-refractivity contribution in [3.63, 3.8) is 0 Å². The van der Waals surface area contributed by atoms with Crippen molar-refractivity contribution in [3.05, 3.63) is 48.0 Å². The summed E-state index contributed by atoms with van der Waals surface area (Å²) in [6, 6.07) is 5.52. The molecule has 0 fully saturated rings. The lowest BCUT2D eigenvalue weighted by atomic mass is 10.1. The summed E-state index contributed by atoms with van der Waals surface area (Å²) < 4.78 is 40.3. The largest absolute Gasteiger partial charge is 0.418 e. The van der Waals surface area contributed by atoms with Gasteiger partial charge in [-0.1, -0.05) is 26.0 Å². The summed E-state index contributed by atoms with van der Waals surface area (Å²) in [6.45, 7) is 3.80. The predicted molar refractivity (Wildman–Crippen MR) is 62.7 cm³/mol. The molecule has 0 saturated heterocycles. The first-order valence-electron chi connectivity index (χ1n) is 5.61. The van der Waals surface area contributed by atoms with E-state index >= 15 is 0 Å². The summed E-state index contributed by atoms with van der Waals surface area (Å²) in [5.74, 6) is 0.674. The molecule has 0 spiro atoms. The van der Waals surface area contributed by atoms with Crippen LogP contribution < -0.4 is 0 Å². The number of hydrogen-bond acceptors (Lipinski definition) is 1. The molecule has 18 heavy (non-hydrogen) atoms. The SMILES string of the molecule is CC(C)c1nccn1-c1ccccc1C(F)(F)F. The van der Waals surface area contributed by atoms with Gasteiger partial charge in [0.15, 0.2) is 0 Å². The molecule has 1 heterocycles. The minimum absolute atomic E-state index is 0.0567. The summed E-state index contributed by atoms with van der Waals surface area (Å²) >= 11 is 0. The van der Waals surface area contributed by atoms with Gasteiger partial charge >= 0.3 is 6.18 Å². The Bertz CT molecular complexity index is 541. The fraction of sp³-hybridized carbons (Fsp3) is 0.308. The van der Waals surface area contributed by atoms with E-state index < -0.39 is 11.7 Å². The first-order chi connectivity index (χ1) is 8.41. The lowest BCUT2D eigenvalue weighted by molar-refractivity contribution is -0.137. The van der Waals surface area contributed by atoms with Crippen molar-refractivity contribution < 1.29 is 13.2 Å². The van der Waals surface area contributed by atoms with E-state index in [0.29, 0.717) is 5.82 Å². The number of alkyl halides is 3. The van der Waals surface area contributed by atoms with Crippen molar-refractivity contribution in [2.24, 2.45) is 0 Å². The minimum Gasteiger partial charge on any atom is -0.303 e. The molecule has 0 amide bonds. The third-order valence-electron chi connectivity index (χ3n) is 2.65. The zero-order chi connectivity index (χ0) is 13.3. The highest BCUT2D eigenvalue weighted by Crippen LogP contribution is 2.34. The third-order valence-corrected chi connectivity index (χ3v) is 2.65. The standard InChI is InChI=1S/C13H13F3N2/c1-9(2)12-17-7-8-18(12)11-6-4-3-5-10(11)13(14,15)16/h3-9H,1-2H3. The maximum Gasteiger partial charge on any atom is 0.418 e. The molecule has 0 aliphatic rings. The molecule has 1 aromatic heterocycles. The molecular weight excluding hydrogens is 241 g/mol. The number of imidazole rings is 1. The summed E-state index contributed by atoms with van der Waals surface area (Å²) in [4.78, 5) is 4.11. The molecular formula is C13H13F3N2. The molecule has 0 bridgehead atoms. The Kier molecular flexibility index (Phi) is 3.15. The van der Waals surface area contributed by atoms with Gasteiger partial charge in [0.2, 0.25) is 0 Å². The molecule has 0 aliphatic carbocycles. The van der Waals surface area contributed by atoms with Gasteiger partial charge in [0.1, 0.15) is 5.82 Å². The Balaban J connectivity index is 2.61. The monoisotopic (exact) mass is 254 g/mol. The first-order valence-corrected chi connectivity index (χ1v) is 5.61. The molecule has 0 unspecified atom stereocenters. The second-order valence-corrected chi connectivity index (χ2v) is 4.33. The van der Waals surface area contributed by atoms with E-state index in [0.717, 1.165) is 6.07 Å². The van der Waals surface area contributed by atoms with Gasteiger partial charge in [-0.25, -0.2) is 4.98 Å². The highest BCUT2D eigenvalue weighted by atomic mass is 19.4. The van der Waals surface area contributed by atoms with Crippen molar-refractivity contribution in [2.45, 2.75) is 25.9 Å². The Morgan fingerprint density at radius 1 is 1.17 bits per heavy atom. The van der Waals surface area contributed by atoms with Gasteiger partial charge in [0, 0.05) is 18.3 Å². The summed E-state index contributed by atoms with van der Waals surface area (Å²) in [5, 5.41) is 0. The van der Waals surface area contributed by atoms with Gasteiger partial charge in [0.25, 0.3) is 0 Å². The fourth-order valence-electron chi connectivity index (χ4n) is 1.87. The van der Waals surface area contributed by atoms with Crippen LogP contribution in [0.2, 0.25) is 0 Å². The van der Waals surface area contributed by atoms with Crippen LogP contribution in [0, 0.1) is 0 Å². The fourth-order valence-corrected chi connectivity index (χ4v) is 1.87. The van der Waals surface area contributed by atoms with Crippen molar-refractivity contribution >= 4 is 0 Å². The number of nitrogens with zero attached hydrogens (tertiary/aromatic N) is 2. The molecule has 0 atom stereocenters. The number of halogens is 3. The average molecular weight is 254 g/mol. The smallest absolute Gasteiger partial charge is 0.303 e. The Hall–Kier alpha value is -1.78. The lowest BCUT2D eigenvalue weighted by Gasteiger charge is -2.16. The Morgan fingerprint density at radius 2 is 1.83 bits per heavy atom. The second kappa shape index (κ2) is 4.48. The molecule has 2 nitrogen and oxygen atoms in total. The van der Waals surface area contributed by atoms with Crippen LogP contribution >= 0.6 is 0 Å². The zero-order valence-corrected chi connectivity index (χ0v) is 10.1. The van der Waals surface area contributed by atoms with E-state index in [2.05, 4.69) is 4.98 Å². The number of para-hydroxylation sites is 1. The van der Waals surface area contributed by atoms with Crippen LogP contribution in [0.15, 0.2) is 36.7 Å². The van der Waals surface area contributed by atoms with E-state index in [1.807, 2.05) is 13.8 Å². The molecule has 5 heteroatoms. The van der Waals surface area contributed by atoms with E-state index in [1.54, 1.807) is 12.3 Å². The number of benzene rings is 1. The van der Waals surface area contributed by atoms with Crippen molar-refractivity contribution in [1.29, 1.82) is 0 Å². The first kappa shape index (κ1) is 12.7. The summed E-state index contributed by atoms with van der Waals surface area (Å²) in [6.07, 6.45) is -1.29. The van der Waals surface area contributed by atoms with Gasteiger partial charge in [-0.2, -0.15) is 13.2 Å². The number of aromatic nitrogens is 2. The van der Waals surface area contributed by atoms with Crippen LogP contribution in [0.25, 0.3) is 5.69 Å². The van der Waals surface area contributed by atoms with Crippen LogP contribution in [0.1, 0.15) is 31.2 Å². The van der Waals surface area contributed by atoms with Gasteiger partial charge in [-0.05, 0) is 12.1 Å². The van der Waals surface area contributed by atoms with Crippen molar-refractivity contribution in [3.8, 4) is 5.69 Å². The van der Waals surface area contributed by atoms with Gasteiger partial charge in [0.05, 0.1) is 11.3 Å². The molecule has 0 aliphatic heterocycles. The summed E-state index contributed by atoms with van der Waals surface area (Å²) in [7, 11) is 0. The van der Waals surface area contributed by atoms with Gasteiger partial charge in [-0.15, -0.1) is 0 Å². The van der Waals surface area contributed by atoms with Crippen LogP contribution in [-0.4, -0.2) is 9.55 Å². The van der Waals surface area contributed by atoms with E-state index in [-0.39, 0.29) is 11.6 Å². The maximum absolute atomic E-state index is 12.9. The Morgan fingerprint density at radius 3 is 2.44 bits per heavy atom. The molecule has 0 N–H and O–H groups in total. The molecule has 0 radical (unpaired) electrons. The molecule has 2 aromatic rings. The number of hydrogen-bond donors (Lipinski definition) is 0. The average Bonchev–Trinajstić information content (AvgIpc) is 2.76. The van der Waals surface area contributed by atoms with Crippen LogP contribution in [-0.2, 0) is 6.18 Å². The van der Waals surface area contributed by atoms with E-state index in [1.165, 1.54) is 22.9 Å². The maximum atomic E-state index is 12.9. The normalized spacial score (nSPS) is 12.1. The topological polar surface area (TPSA) is 17.8 Å². The van der Waals surface area contributed by atoms with Crippen LogP contribution in [0.4, 0.5) is 13.2 Å². The van der Waals surface area contributed by atoms with E-state index in [4.69, 9.17) is 0 Å². The number of rotatable bonds is 2. The van der Waals surface area contributed by atoms with Gasteiger partial charge < -0.3 is 4.57 Å². The minimum atomic E-state index is -4.37. The van der Waals surface area contributed by atoms with E-state index in [9.17, 15) is 13.2 Å². The lowest BCUT2D eigenvalue weighted by Crippen LogP contribution is -2.12. The van der Waals surface area contributed by atoms with Gasteiger partial charge in [-0.3, -0.25) is 0 Å². The molecule has 1 aromatic carbocycles. The Labute approximate surface area is 103 Å². The van der Waals surface area contributed by atoms with Crippen LogP contribution in [0.3, 0.4) is 0 Å². The molecule has 0 saturated carbocycles. The van der Waals surface area contributed by atoms with Crippen molar-refractivity contribution in [1.82, 2.24) is 9.55 Å². The molecule has 2 rings (SSSR count). The van der Waals surface area contributed by atoms with Crippen molar-refractivity contribution in [2.75, 3.05) is 0 Å². The third kappa shape index (κ3) is 2.25. The highest BCUT2D eigenvalue weighted by Gasteiger charge is 2.34.